The van der Waals surface area contributed by atoms with Crippen LogP contribution in [0.3, 0.4) is 0 Å². The summed E-state index contributed by atoms with van der Waals surface area (Å²) in [6, 6.07) is 0. The van der Waals surface area contributed by atoms with Gasteiger partial charge in [0.2, 0.25) is 0 Å². The first-order valence-electron chi connectivity index (χ1n) is 10.7. The molecule has 2 aliphatic heterocycles. The van der Waals surface area contributed by atoms with E-state index in [1.54, 1.807) is 7.11 Å². The molecular weight excluding hydrogens is 316 g/mol. The molecule has 1 spiro atoms. The molecule has 15 atom stereocenters. The minimum atomic E-state index is -0.610. The van der Waals surface area contributed by atoms with Gasteiger partial charge in [0, 0.05) is 5.92 Å². The van der Waals surface area contributed by atoms with E-state index in [1.165, 1.54) is 25.7 Å². The maximum absolute atomic E-state index is 13.6. The third-order valence-corrected chi connectivity index (χ3v) is 11.5. The van der Waals surface area contributed by atoms with Gasteiger partial charge < -0.3 is 14.2 Å². The van der Waals surface area contributed by atoms with Crippen LogP contribution in [0.15, 0.2) is 0 Å². The molecule has 25 heavy (non-hydrogen) atoms. The zero-order valence-corrected chi connectivity index (χ0v) is 14.5. The lowest BCUT2D eigenvalue weighted by Gasteiger charge is -2.64. The summed E-state index contributed by atoms with van der Waals surface area (Å²) in [5.74, 6) is 6.98. The first kappa shape index (κ1) is 12.7. The second-order valence-corrected chi connectivity index (χ2v) is 10.9. The Morgan fingerprint density at radius 1 is 0.800 bits per heavy atom. The fourth-order valence-electron chi connectivity index (χ4n) is 12.1. The second-order valence-electron chi connectivity index (χ2n) is 10.9. The van der Waals surface area contributed by atoms with Crippen LogP contribution in [-0.2, 0) is 19.0 Å². The van der Waals surface area contributed by atoms with Crippen molar-refractivity contribution in [3.8, 4) is 0 Å². The maximum Gasteiger partial charge on any atom is 0.317 e. The number of carbonyl (C=O) groups is 1. The largest absolute Gasteiger partial charge is 0.468 e. The van der Waals surface area contributed by atoms with Gasteiger partial charge in [-0.2, -0.15) is 0 Å². The summed E-state index contributed by atoms with van der Waals surface area (Å²) in [5.41, 5.74) is -0.455. The number of rotatable bonds is 1. The van der Waals surface area contributed by atoms with E-state index in [0.29, 0.717) is 41.8 Å². The van der Waals surface area contributed by atoms with Crippen molar-refractivity contribution in [3.05, 3.63) is 0 Å². The van der Waals surface area contributed by atoms with Crippen molar-refractivity contribution in [3.63, 3.8) is 0 Å². The molecule has 8 aliphatic carbocycles. The van der Waals surface area contributed by atoms with E-state index in [1.807, 2.05) is 0 Å². The summed E-state index contributed by atoms with van der Waals surface area (Å²) in [7, 11) is 1.60. The van der Waals surface area contributed by atoms with Crippen molar-refractivity contribution in [2.75, 3.05) is 7.11 Å². The summed E-state index contributed by atoms with van der Waals surface area (Å²) in [5, 5.41) is 0. The van der Waals surface area contributed by atoms with Gasteiger partial charge in [0.25, 0.3) is 0 Å². The Morgan fingerprint density at radius 2 is 1.48 bits per heavy atom. The normalized spacial score (nSPS) is 78.5. The van der Waals surface area contributed by atoms with Crippen molar-refractivity contribution >= 4 is 5.97 Å². The molecule has 0 radical (unpaired) electrons. The van der Waals surface area contributed by atoms with Crippen LogP contribution in [0, 0.1) is 70.5 Å². The predicted molar refractivity (Wildman–Crippen MR) is 83.8 cm³/mol. The summed E-state index contributed by atoms with van der Waals surface area (Å²) < 4.78 is 19.6. The Balaban J connectivity index is 1.45. The summed E-state index contributed by atoms with van der Waals surface area (Å²) in [6.45, 7) is 0. The molecule has 10 fully saturated rings. The smallest absolute Gasteiger partial charge is 0.317 e. The first-order chi connectivity index (χ1) is 12.3. The van der Waals surface area contributed by atoms with Crippen LogP contribution in [-0.4, -0.2) is 31.1 Å². The lowest BCUT2D eigenvalue weighted by atomic mass is 9.51. The molecule has 0 amide bonds. The van der Waals surface area contributed by atoms with Gasteiger partial charge in [0.1, 0.15) is 5.41 Å². The quantitative estimate of drug-likeness (QED) is 0.686. The molecule has 4 nitrogen and oxygen atoms in total. The van der Waals surface area contributed by atoms with Gasteiger partial charge in [0.15, 0.2) is 5.79 Å². The topological polar surface area (TPSA) is 44.8 Å². The lowest BCUT2D eigenvalue weighted by Crippen LogP contribution is -2.75. The molecule has 10 aliphatic rings. The van der Waals surface area contributed by atoms with Crippen LogP contribution in [0.1, 0.15) is 25.7 Å². The molecular formula is C21H24O4. The van der Waals surface area contributed by atoms with Gasteiger partial charge in [-0.15, -0.1) is 0 Å². The third-order valence-electron chi connectivity index (χ3n) is 11.5. The van der Waals surface area contributed by atoms with E-state index in [2.05, 4.69) is 0 Å². The minimum absolute atomic E-state index is 0.0381. The van der Waals surface area contributed by atoms with Crippen LogP contribution in [0.4, 0.5) is 0 Å². The van der Waals surface area contributed by atoms with Gasteiger partial charge in [-0.05, 0) is 84.9 Å². The molecule has 2 heterocycles. The molecule has 8 saturated carbocycles. The molecule has 0 aromatic carbocycles. The highest BCUT2D eigenvalue weighted by atomic mass is 16.7. The van der Waals surface area contributed by atoms with E-state index < -0.39 is 11.2 Å². The molecule has 0 unspecified atom stereocenters. The van der Waals surface area contributed by atoms with Crippen molar-refractivity contribution in [2.24, 2.45) is 70.5 Å². The Labute approximate surface area is 146 Å². The number of hydrogen-bond acceptors (Lipinski definition) is 4. The highest BCUT2D eigenvalue weighted by Crippen LogP contribution is 2.94. The van der Waals surface area contributed by atoms with Gasteiger partial charge in [0.05, 0.1) is 19.3 Å². The highest BCUT2D eigenvalue weighted by molar-refractivity contribution is 5.82. The predicted octanol–water partition coefficient (Wildman–Crippen LogP) is 2.07. The number of methoxy groups -OCH3 is 1. The molecule has 4 heteroatoms. The SMILES string of the molecule is COC(=O)[C@]12[C@@H]3[C@H]4[C@H]5[C@H]6[C@@H]7[C@@H](CC[C@H]7O[C@]17O[C@@H]1CC[C@@H]([C@@H]4[C@@H]67)[C@@H]31)[C@@H]52. The Hall–Kier alpha value is -0.610. The number of ether oxygens (including phenoxy) is 3. The van der Waals surface area contributed by atoms with Crippen molar-refractivity contribution in [1.82, 2.24) is 0 Å². The third kappa shape index (κ3) is 0.818. The van der Waals surface area contributed by atoms with Crippen LogP contribution in [0.25, 0.3) is 0 Å². The molecule has 2 saturated heterocycles. The van der Waals surface area contributed by atoms with Crippen LogP contribution < -0.4 is 0 Å². The minimum Gasteiger partial charge on any atom is -0.468 e. The fourth-order valence-corrected chi connectivity index (χ4v) is 12.1. The van der Waals surface area contributed by atoms with Crippen LogP contribution >= 0.6 is 0 Å². The zero-order valence-electron chi connectivity index (χ0n) is 14.5. The average Bonchev–Trinajstić information content (AvgIpc) is 3.32. The maximum atomic E-state index is 13.6. The fraction of sp³-hybridized carbons (Fsp3) is 0.952. The monoisotopic (exact) mass is 340 g/mol. The highest BCUT2D eigenvalue weighted by Gasteiger charge is 2.99. The second kappa shape index (κ2) is 3.22. The van der Waals surface area contributed by atoms with Crippen LogP contribution in [0.2, 0.25) is 0 Å². The number of hydrogen-bond donors (Lipinski definition) is 0. The lowest BCUT2D eigenvalue weighted by molar-refractivity contribution is -0.420. The van der Waals surface area contributed by atoms with E-state index in [9.17, 15) is 4.79 Å². The van der Waals surface area contributed by atoms with Crippen LogP contribution in [0.5, 0.6) is 0 Å². The molecule has 0 aromatic heterocycles. The summed E-state index contributed by atoms with van der Waals surface area (Å²) in [6.07, 6.45) is 5.71. The molecule has 0 aromatic rings. The van der Waals surface area contributed by atoms with E-state index in [4.69, 9.17) is 14.2 Å². The number of esters is 1. The Morgan fingerprint density at radius 3 is 2.28 bits per heavy atom. The van der Waals surface area contributed by atoms with Gasteiger partial charge in [-0.1, -0.05) is 0 Å². The first-order valence-corrected chi connectivity index (χ1v) is 10.7. The van der Waals surface area contributed by atoms with Crippen molar-refractivity contribution < 1.29 is 19.0 Å². The van der Waals surface area contributed by atoms with Gasteiger partial charge >= 0.3 is 5.97 Å². The summed E-state index contributed by atoms with van der Waals surface area (Å²) in [4.78, 5) is 13.6. The van der Waals surface area contributed by atoms with Gasteiger partial charge in [-0.3, -0.25) is 4.79 Å². The Kier molecular flexibility index (Phi) is 1.64. The molecule has 0 N–H and O–H groups in total. The average molecular weight is 340 g/mol. The van der Waals surface area contributed by atoms with E-state index in [-0.39, 0.29) is 5.97 Å². The van der Waals surface area contributed by atoms with Crippen molar-refractivity contribution in [1.29, 1.82) is 0 Å². The van der Waals surface area contributed by atoms with E-state index in [0.717, 1.165) is 35.5 Å². The molecule has 10 rings (SSSR count). The number of carbonyl (C=O) groups excluding carboxylic acids is 1. The van der Waals surface area contributed by atoms with Crippen molar-refractivity contribution in [2.45, 2.75) is 43.7 Å². The van der Waals surface area contributed by atoms with Gasteiger partial charge in [-0.25, -0.2) is 0 Å². The van der Waals surface area contributed by atoms with E-state index >= 15 is 0 Å². The standard InChI is InChI=1S/C21H24O4/c1-23-19(22)20-16-7-3-5-8-10(7)13-15(16)14-12-6-2-4-9(11(6)17(14)20)25-21(20,24-8)18(12)13/h6-18H,2-5H2,1H3/t6-,7-,8-,9-,10-,11-,12+,13-,14-,15-,16+,17+,18+,20+,21-/m1/s1. The molecule has 132 valence electrons. The molecule has 9 bridgehead atoms. The zero-order chi connectivity index (χ0) is 16.0. The Bertz CT molecular complexity index is 772. The summed E-state index contributed by atoms with van der Waals surface area (Å²) >= 11 is 0.